The van der Waals surface area contributed by atoms with Crippen LogP contribution in [0.1, 0.15) is 20.8 Å². The van der Waals surface area contributed by atoms with Gasteiger partial charge in [-0.1, -0.05) is 11.6 Å². The summed E-state index contributed by atoms with van der Waals surface area (Å²) >= 11 is 6.24. The first-order valence-corrected chi connectivity index (χ1v) is 7.77. The van der Waals surface area contributed by atoms with Crippen LogP contribution in [-0.4, -0.2) is 56.0 Å². The van der Waals surface area contributed by atoms with E-state index in [2.05, 4.69) is 20.2 Å². The number of nitrogens with one attached hydrogen (secondary N) is 1. The Morgan fingerprint density at radius 1 is 1.14 bits per heavy atom. The largest absolute Gasteiger partial charge is 0.380 e. The molecule has 6 nitrogen and oxygen atoms in total. The Labute approximate surface area is 131 Å². The van der Waals surface area contributed by atoms with Crippen LogP contribution in [0.15, 0.2) is 6.20 Å². The van der Waals surface area contributed by atoms with Crippen LogP contribution in [-0.2, 0) is 9.47 Å². The van der Waals surface area contributed by atoms with Crippen LogP contribution in [0.4, 0.5) is 11.8 Å². The van der Waals surface area contributed by atoms with Gasteiger partial charge in [-0.05, 0) is 20.8 Å². The van der Waals surface area contributed by atoms with Crippen LogP contribution >= 0.6 is 11.6 Å². The normalized spacial score (nSPS) is 10.7. The number of hydrogen-bond acceptors (Lipinski definition) is 6. The van der Waals surface area contributed by atoms with Crippen LogP contribution < -0.4 is 10.2 Å². The smallest absolute Gasteiger partial charge is 0.224 e. The molecule has 0 atom stereocenters. The standard InChI is InChI=1S/C14H25ClN4O2/c1-4-16-14-17-11-12(15)13(18-14)19(7-9-20-5-2)8-10-21-6-3/h11H,4-10H2,1-3H3,(H,16,17,18). The van der Waals surface area contributed by atoms with Crippen LogP contribution in [0.25, 0.3) is 0 Å². The fourth-order valence-electron chi connectivity index (χ4n) is 1.78. The van der Waals surface area contributed by atoms with Crippen LogP contribution in [0.5, 0.6) is 0 Å². The van der Waals surface area contributed by atoms with E-state index in [0.717, 1.165) is 6.54 Å². The quantitative estimate of drug-likeness (QED) is 0.633. The average Bonchev–Trinajstić information content (AvgIpc) is 2.48. The Bertz CT molecular complexity index is 397. The highest BCUT2D eigenvalue weighted by molar-refractivity contribution is 6.32. The summed E-state index contributed by atoms with van der Waals surface area (Å²) in [6.07, 6.45) is 1.62. The van der Waals surface area contributed by atoms with E-state index in [9.17, 15) is 0 Å². The lowest BCUT2D eigenvalue weighted by molar-refractivity contribution is 0.141. The molecule has 21 heavy (non-hydrogen) atoms. The average molecular weight is 317 g/mol. The summed E-state index contributed by atoms with van der Waals surface area (Å²) in [5.41, 5.74) is 0. The molecule has 0 unspecified atom stereocenters. The molecule has 1 aromatic heterocycles. The first-order chi connectivity index (χ1) is 10.2. The minimum atomic E-state index is 0.532. The fourth-order valence-corrected chi connectivity index (χ4v) is 2.00. The summed E-state index contributed by atoms with van der Waals surface area (Å²) in [4.78, 5) is 10.7. The molecule has 0 bridgehead atoms. The van der Waals surface area contributed by atoms with Gasteiger partial charge in [0.05, 0.1) is 19.4 Å². The zero-order valence-electron chi connectivity index (χ0n) is 13.1. The molecule has 1 heterocycles. The molecule has 0 amide bonds. The second kappa shape index (κ2) is 10.6. The summed E-state index contributed by atoms with van der Waals surface area (Å²) < 4.78 is 10.8. The molecule has 0 fully saturated rings. The molecule has 0 radical (unpaired) electrons. The van der Waals surface area contributed by atoms with Gasteiger partial charge >= 0.3 is 0 Å². The van der Waals surface area contributed by atoms with E-state index >= 15 is 0 Å². The van der Waals surface area contributed by atoms with Gasteiger partial charge in [-0.15, -0.1) is 0 Å². The van der Waals surface area contributed by atoms with Gasteiger partial charge in [0.2, 0.25) is 5.95 Å². The van der Waals surface area contributed by atoms with E-state index in [4.69, 9.17) is 21.1 Å². The Balaban J connectivity index is 2.80. The van der Waals surface area contributed by atoms with E-state index in [1.165, 1.54) is 0 Å². The van der Waals surface area contributed by atoms with Crippen molar-refractivity contribution in [1.29, 1.82) is 0 Å². The van der Waals surface area contributed by atoms with Crippen molar-refractivity contribution in [3.05, 3.63) is 11.2 Å². The Hall–Kier alpha value is -1.11. The lowest BCUT2D eigenvalue weighted by Crippen LogP contribution is -2.32. The maximum absolute atomic E-state index is 6.24. The predicted octanol–water partition coefficient (Wildman–Crippen LogP) is 2.44. The van der Waals surface area contributed by atoms with Gasteiger partial charge in [0.1, 0.15) is 5.02 Å². The number of rotatable bonds is 11. The molecule has 0 spiro atoms. The Morgan fingerprint density at radius 3 is 2.29 bits per heavy atom. The molecule has 0 aliphatic rings. The van der Waals surface area contributed by atoms with Crippen LogP contribution in [0.3, 0.4) is 0 Å². The van der Waals surface area contributed by atoms with Gasteiger partial charge in [0.25, 0.3) is 0 Å². The Morgan fingerprint density at radius 2 is 1.76 bits per heavy atom. The molecule has 0 aliphatic heterocycles. The molecule has 120 valence electrons. The number of aromatic nitrogens is 2. The highest BCUT2D eigenvalue weighted by Gasteiger charge is 2.13. The molecule has 0 aliphatic carbocycles. The highest BCUT2D eigenvalue weighted by Crippen LogP contribution is 2.23. The van der Waals surface area contributed by atoms with Gasteiger partial charge in [-0.3, -0.25) is 0 Å². The highest BCUT2D eigenvalue weighted by atomic mass is 35.5. The van der Waals surface area contributed by atoms with Crippen LogP contribution in [0, 0.1) is 0 Å². The number of ether oxygens (including phenoxy) is 2. The second-order valence-electron chi connectivity index (χ2n) is 4.28. The molecule has 0 aromatic carbocycles. The summed E-state index contributed by atoms with van der Waals surface area (Å²) in [5, 5.41) is 3.63. The predicted molar refractivity (Wildman–Crippen MR) is 86.4 cm³/mol. The summed E-state index contributed by atoms with van der Waals surface area (Å²) in [6, 6.07) is 0. The molecule has 7 heteroatoms. The van der Waals surface area contributed by atoms with Crippen molar-refractivity contribution in [3.63, 3.8) is 0 Å². The van der Waals surface area contributed by atoms with Gasteiger partial charge in [-0.25, -0.2) is 4.98 Å². The van der Waals surface area contributed by atoms with Gasteiger partial charge in [-0.2, -0.15) is 4.98 Å². The number of hydrogen-bond donors (Lipinski definition) is 1. The summed E-state index contributed by atoms with van der Waals surface area (Å²) in [7, 11) is 0. The molecule has 0 saturated heterocycles. The van der Waals surface area contributed by atoms with E-state index < -0.39 is 0 Å². The first-order valence-electron chi connectivity index (χ1n) is 7.39. The van der Waals surface area contributed by atoms with Crippen molar-refractivity contribution in [3.8, 4) is 0 Å². The first kappa shape index (κ1) is 17.9. The maximum Gasteiger partial charge on any atom is 0.224 e. The van der Waals surface area contributed by atoms with Crippen LogP contribution in [0.2, 0.25) is 5.02 Å². The molecular formula is C14H25ClN4O2. The third-order valence-electron chi connectivity index (χ3n) is 2.78. The zero-order valence-corrected chi connectivity index (χ0v) is 13.8. The fraction of sp³-hybridized carbons (Fsp3) is 0.714. The summed E-state index contributed by atoms with van der Waals surface area (Å²) in [5.74, 6) is 1.29. The van der Waals surface area contributed by atoms with E-state index in [-0.39, 0.29) is 0 Å². The third kappa shape index (κ3) is 6.46. The maximum atomic E-state index is 6.24. The summed E-state index contributed by atoms with van der Waals surface area (Å²) in [6.45, 7) is 10.8. The number of halogens is 1. The van der Waals surface area contributed by atoms with Crippen molar-refractivity contribution in [2.45, 2.75) is 20.8 Å². The van der Waals surface area contributed by atoms with Gasteiger partial charge in [0, 0.05) is 32.8 Å². The second-order valence-corrected chi connectivity index (χ2v) is 4.68. The minimum Gasteiger partial charge on any atom is -0.380 e. The monoisotopic (exact) mass is 316 g/mol. The van der Waals surface area contributed by atoms with Crippen molar-refractivity contribution in [2.75, 3.05) is 56.3 Å². The zero-order chi connectivity index (χ0) is 15.5. The lowest BCUT2D eigenvalue weighted by Gasteiger charge is -2.24. The third-order valence-corrected chi connectivity index (χ3v) is 3.05. The van der Waals surface area contributed by atoms with Crippen molar-refractivity contribution in [2.24, 2.45) is 0 Å². The molecule has 1 aromatic rings. The van der Waals surface area contributed by atoms with Gasteiger partial charge < -0.3 is 19.7 Å². The van der Waals surface area contributed by atoms with Crippen molar-refractivity contribution in [1.82, 2.24) is 9.97 Å². The van der Waals surface area contributed by atoms with E-state index in [1.54, 1.807) is 6.20 Å². The number of nitrogens with zero attached hydrogens (tertiary/aromatic N) is 3. The van der Waals surface area contributed by atoms with Crippen molar-refractivity contribution < 1.29 is 9.47 Å². The molecule has 1 N–H and O–H groups in total. The van der Waals surface area contributed by atoms with Gasteiger partial charge in [0.15, 0.2) is 5.82 Å². The minimum absolute atomic E-state index is 0.532. The molecule has 1 rings (SSSR count). The number of anilines is 2. The lowest BCUT2D eigenvalue weighted by atomic mass is 10.4. The SMILES string of the molecule is CCNc1ncc(Cl)c(N(CCOCC)CCOCC)n1. The topological polar surface area (TPSA) is 59.5 Å². The molecular weight excluding hydrogens is 292 g/mol. The Kier molecular flexibility index (Phi) is 9.05. The van der Waals surface area contributed by atoms with E-state index in [1.807, 2.05) is 20.8 Å². The van der Waals surface area contributed by atoms with Crippen molar-refractivity contribution >= 4 is 23.4 Å². The van der Waals surface area contributed by atoms with E-state index in [0.29, 0.717) is 56.3 Å². The molecule has 0 saturated carbocycles.